The van der Waals surface area contributed by atoms with E-state index in [2.05, 4.69) is 85.8 Å². The molecule has 16 heteroatoms. The predicted octanol–water partition coefficient (Wildman–Crippen LogP) is 7.86. The van der Waals surface area contributed by atoms with Crippen LogP contribution in [0.2, 0.25) is 0 Å². The van der Waals surface area contributed by atoms with Crippen molar-refractivity contribution in [1.82, 2.24) is 30.4 Å². The molecule has 14 nitrogen and oxygen atoms in total. The van der Waals surface area contributed by atoms with Crippen molar-refractivity contribution in [3.63, 3.8) is 0 Å². The number of nitrogens with one attached hydrogen (secondary N) is 3. The summed E-state index contributed by atoms with van der Waals surface area (Å²) in [5, 5.41) is 7.37. The van der Waals surface area contributed by atoms with Crippen LogP contribution in [0.3, 0.4) is 0 Å². The van der Waals surface area contributed by atoms with E-state index in [4.69, 9.17) is 14.7 Å². The number of amides is 4. The van der Waals surface area contributed by atoms with Crippen LogP contribution in [-0.2, 0) is 23.8 Å². The molecule has 8 rings (SSSR count). The molecule has 4 aromatic rings. The number of imidazole rings is 1. The number of alkyl carbamates (subject to hydrolysis) is 2. The number of aromatic nitrogens is 2. The molecule has 4 atom stereocenters. The molecule has 0 unspecified atom stereocenters. The number of likely N-dealkylation sites (tertiary alicyclic amines) is 2. The number of aliphatic imine (C=N–C) groups is 1. The van der Waals surface area contributed by atoms with E-state index < -0.39 is 37.5 Å². The van der Waals surface area contributed by atoms with Crippen LogP contribution in [0, 0.1) is 11.3 Å². The number of methoxy groups -OCH3 is 2. The first-order valence-corrected chi connectivity index (χ1v) is 21.5. The van der Waals surface area contributed by atoms with Gasteiger partial charge in [0.2, 0.25) is 11.8 Å². The van der Waals surface area contributed by atoms with Crippen molar-refractivity contribution >= 4 is 46.1 Å². The number of hydrogen-bond acceptors (Lipinski definition) is 9. The summed E-state index contributed by atoms with van der Waals surface area (Å²) in [5.74, 6) is 0.113. The minimum Gasteiger partial charge on any atom is -0.453 e. The lowest BCUT2D eigenvalue weighted by Gasteiger charge is -2.30. The number of benzene rings is 3. The first-order valence-electron chi connectivity index (χ1n) is 21.5. The van der Waals surface area contributed by atoms with E-state index in [1.54, 1.807) is 4.90 Å². The largest absolute Gasteiger partial charge is 0.453 e. The minimum atomic E-state index is -2.98. The second kappa shape index (κ2) is 18.3. The number of H-pyrrole nitrogens is 1. The summed E-state index contributed by atoms with van der Waals surface area (Å²) in [6, 6.07) is 18.7. The highest BCUT2D eigenvalue weighted by Gasteiger charge is 2.55. The lowest BCUT2D eigenvalue weighted by molar-refractivity contribution is -0.140. The summed E-state index contributed by atoms with van der Waals surface area (Å²) >= 11 is 0. The van der Waals surface area contributed by atoms with Gasteiger partial charge in [0.1, 0.15) is 17.9 Å². The van der Waals surface area contributed by atoms with Gasteiger partial charge in [-0.25, -0.2) is 14.6 Å². The average molecular weight is 866 g/mol. The van der Waals surface area contributed by atoms with E-state index in [0.717, 1.165) is 81.5 Å². The van der Waals surface area contributed by atoms with Gasteiger partial charge in [0.15, 0.2) is 0 Å². The maximum absolute atomic E-state index is 13.9. The monoisotopic (exact) mass is 865 g/mol. The zero-order valence-corrected chi connectivity index (χ0v) is 35.9. The van der Waals surface area contributed by atoms with Crippen molar-refractivity contribution in [3.05, 3.63) is 84.4 Å². The van der Waals surface area contributed by atoms with Crippen LogP contribution in [0.25, 0.3) is 38.7 Å². The van der Waals surface area contributed by atoms with E-state index >= 15 is 0 Å². The van der Waals surface area contributed by atoms with Crippen LogP contribution in [0.1, 0.15) is 76.2 Å². The highest BCUT2D eigenvalue weighted by Crippen LogP contribution is 2.58. The molecule has 332 valence electrons. The number of fused-ring (bicyclic) bond motifs is 1. The molecule has 4 heterocycles. The van der Waals surface area contributed by atoms with Gasteiger partial charge in [-0.15, -0.1) is 0 Å². The Morgan fingerprint density at radius 3 is 2.21 bits per heavy atom. The van der Waals surface area contributed by atoms with Crippen molar-refractivity contribution in [2.45, 2.75) is 89.6 Å². The van der Waals surface area contributed by atoms with E-state index in [0.29, 0.717) is 25.9 Å². The Hall–Kier alpha value is -6.16. The topological polar surface area (TPSA) is 168 Å². The van der Waals surface area contributed by atoms with Gasteiger partial charge in [0, 0.05) is 43.4 Å². The Kier molecular flexibility index (Phi) is 12.6. The summed E-state index contributed by atoms with van der Waals surface area (Å²) in [7, 11) is 2.47. The molecule has 1 aromatic heterocycles. The maximum atomic E-state index is 13.9. The summed E-state index contributed by atoms with van der Waals surface area (Å²) < 4.78 is 39.1. The van der Waals surface area contributed by atoms with Crippen LogP contribution >= 0.6 is 0 Å². The van der Waals surface area contributed by atoms with E-state index in [9.17, 15) is 28.0 Å². The molecule has 0 bridgehead atoms. The smallest absolute Gasteiger partial charge is 0.407 e. The molecule has 4 amide bonds. The zero-order valence-electron chi connectivity index (χ0n) is 35.9. The number of alkyl halides is 2. The number of rotatable bonds is 14. The van der Waals surface area contributed by atoms with Gasteiger partial charge >= 0.3 is 18.8 Å². The summed E-state index contributed by atoms with van der Waals surface area (Å²) in [6.45, 7) is 1.55. The van der Waals surface area contributed by atoms with E-state index in [1.165, 1.54) is 14.2 Å². The second-order valence-electron chi connectivity index (χ2n) is 17.3. The Labute approximate surface area is 364 Å². The Morgan fingerprint density at radius 1 is 0.857 bits per heavy atom. The average Bonchev–Trinajstić information content (AvgIpc) is 3.82. The zero-order chi connectivity index (χ0) is 44.4. The molecule has 3 aromatic carbocycles. The second-order valence-corrected chi connectivity index (χ2v) is 17.3. The molecule has 0 radical (unpaired) electrons. The Morgan fingerprint density at radius 2 is 1.52 bits per heavy atom. The van der Waals surface area contributed by atoms with Crippen LogP contribution in [0.5, 0.6) is 0 Å². The molecule has 4 aliphatic rings. The molecule has 1 spiro atoms. The van der Waals surface area contributed by atoms with Crippen molar-refractivity contribution in [1.29, 1.82) is 0 Å². The molecule has 3 fully saturated rings. The summed E-state index contributed by atoms with van der Waals surface area (Å²) in [6.07, 6.45) is 7.07. The van der Waals surface area contributed by atoms with Crippen LogP contribution in [-0.4, -0.2) is 108 Å². The highest BCUT2D eigenvalue weighted by molar-refractivity contribution is 6.04. The van der Waals surface area contributed by atoms with Crippen LogP contribution in [0.4, 0.5) is 18.4 Å². The summed E-state index contributed by atoms with van der Waals surface area (Å²) in [5.41, 5.74) is 6.95. The number of ether oxygens (including phenoxy) is 3. The van der Waals surface area contributed by atoms with Gasteiger partial charge in [0.25, 0.3) is 0 Å². The standard InChI is InChI=1S/C47H53F2N7O7/c1-27(2)40(54-46(60)62-4)43(58)56-26-47(16-17-47)23-39(56)41-51-25-37(52-41)33-14-13-31-20-30(11-12-32(31)21-33)28-7-9-29(10-8-28)34-22-36(50-24-34)38-6-5-18-55(38)42(57)35(53-45(59)61-3)15-19-63-44(48)49/h7-14,20-21,24-25,27,35,38-40,44H,5-6,15-19,22-23,26H2,1-4H3,(H,51,52)(H,53,59)(H,54,60)/t35-,38-,39-,40-/m0/s1. The Balaban J connectivity index is 0.912. The molecule has 2 saturated heterocycles. The fraction of sp³-hybridized carbons (Fsp3) is 0.447. The van der Waals surface area contributed by atoms with E-state index in [1.807, 2.05) is 31.1 Å². The molecule has 3 aliphatic heterocycles. The number of carbonyl (C=O) groups excluding carboxylic acids is 4. The maximum Gasteiger partial charge on any atom is 0.407 e. The van der Waals surface area contributed by atoms with Crippen LogP contribution in [0.15, 0.2) is 78.1 Å². The van der Waals surface area contributed by atoms with Crippen molar-refractivity contribution < 1.29 is 42.2 Å². The van der Waals surface area contributed by atoms with Gasteiger partial charge < -0.3 is 39.6 Å². The molecular weight excluding hydrogens is 813 g/mol. The quantitative estimate of drug-likeness (QED) is 0.115. The lowest BCUT2D eigenvalue weighted by Crippen LogP contribution is -2.52. The van der Waals surface area contributed by atoms with Crippen molar-refractivity contribution in [2.75, 3.05) is 33.9 Å². The fourth-order valence-corrected chi connectivity index (χ4v) is 9.21. The van der Waals surface area contributed by atoms with Crippen LogP contribution < -0.4 is 10.6 Å². The minimum absolute atomic E-state index is 0.104. The molecular formula is C47H53F2N7O7. The van der Waals surface area contributed by atoms with E-state index in [-0.39, 0.29) is 41.7 Å². The lowest BCUT2D eigenvalue weighted by atomic mass is 9.95. The predicted molar refractivity (Wildman–Crippen MR) is 233 cm³/mol. The van der Waals surface area contributed by atoms with Gasteiger partial charge in [-0.05, 0) is 88.6 Å². The number of carbonyl (C=O) groups is 4. The normalized spacial score (nSPS) is 19.9. The van der Waals surface area contributed by atoms with Crippen molar-refractivity contribution in [2.24, 2.45) is 16.3 Å². The molecule has 1 aliphatic carbocycles. The Bertz CT molecular complexity index is 2430. The number of halogens is 2. The number of nitrogens with zero attached hydrogens (tertiary/aromatic N) is 4. The first kappa shape index (κ1) is 43.5. The number of aromatic amines is 1. The third-order valence-corrected chi connectivity index (χ3v) is 12.9. The SMILES string of the molecule is COC(=O)N[C@@H](CCOC(F)F)C(=O)N1CCC[C@H]1C1=NC=C(c2ccc(-c3ccc4cc(-c5cnc([C@@H]6CC7(CC7)CN6C(=O)[C@@H](NC(=O)OC)C(C)C)[nH]5)ccc4c3)cc2)C1. The van der Waals surface area contributed by atoms with Gasteiger partial charge in [-0.2, -0.15) is 8.78 Å². The van der Waals surface area contributed by atoms with Crippen molar-refractivity contribution in [3.8, 4) is 22.4 Å². The number of hydrogen-bond donors (Lipinski definition) is 3. The third-order valence-electron chi connectivity index (χ3n) is 12.9. The third kappa shape index (κ3) is 9.46. The van der Waals surface area contributed by atoms with Gasteiger partial charge in [-0.1, -0.05) is 62.4 Å². The summed E-state index contributed by atoms with van der Waals surface area (Å²) in [4.78, 5) is 68.2. The van der Waals surface area contributed by atoms with Gasteiger partial charge in [-0.3, -0.25) is 14.6 Å². The fourth-order valence-electron chi connectivity index (χ4n) is 9.21. The molecule has 1 saturated carbocycles. The highest BCUT2D eigenvalue weighted by atomic mass is 19.3. The number of allylic oxidation sites excluding steroid dienone is 1. The molecule has 63 heavy (non-hydrogen) atoms. The van der Waals surface area contributed by atoms with Gasteiger partial charge in [0.05, 0.1) is 44.8 Å². The first-order chi connectivity index (χ1) is 30.3. The molecule has 3 N–H and O–H groups in total.